The summed E-state index contributed by atoms with van der Waals surface area (Å²) in [6.45, 7) is 8.92. The minimum atomic E-state index is 0.420. The lowest BCUT2D eigenvalue weighted by Gasteiger charge is -2.13. The molecule has 8 nitrogen and oxygen atoms in total. The zero-order chi connectivity index (χ0) is 30.1. The van der Waals surface area contributed by atoms with E-state index in [-0.39, 0.29) is 0 Å². The summed E-state index contributed by atoms with van der Waals surface area (Å²) in [5.74, 6) is 4.29. The van der Waals surface area contributed by atoms with Gasteiger partial charge in [0.25, 0.3) is 0 Å². The van der Waals surface area contributed by atoms with Crippen LogP contribution in [0.1, 0.15) is 44.5 Å². The summed E-state index contributed by atoms with van der Waals surface area (Å²) >= 11 is 0. The van der Waals surface area contributed by atoms with Gasteiger partial charge >= 0.3 is 0 Å². The van der Waals surface area contributed by atoms with Crippen LogP contribution in [0.4, 0.5) is 11.6 Å². The Balaban J connectivity index is 1.50. The molecule has 0 saturated heterocycles. The molecule has 6 heterocycles. The maximum atomic E-state index is 5.38. The Morgan fingerprint density at radius 2 is 0.978 bits per heavy atom. The molecular formula is C37H26N8. The molecule has 4 aliphatic heterocycles. The molecule has 0 atom stereocenters. The van der Waals surface area contributed by atoms with Crippen molar-refractivity contribution in [2.75, 3.05) is 0 Å². The molecule has 6 bridgehead atoms. The highest BCUT2D eigenvalue weighted by atomic mass is 15.3. The molecule has 45 heavy (non-hydrogen) atoms. The molecule has 2 aromatic heterocycles. The Bertz CT molecular complexity index is 2660. The van der Waals surface area contributed by atoms with E-state index in [1.807, 2.05) is 0 Å². The van der Waals surface area contributed by atoms with Crippen LogP contribution >= 0.6 is 0 Å². The second kappa shape index (κ2) is 8.45. The number of rotatable bonds is 0. The molecule has 0 spiro atoms. The minimum Gasteiger partial charge on any atom is -0.291 e. The predicted octanol–water partition coefficient (Wildman–Crippen LogP) is 6.28. The average Bonchev–Trinajstić information content (AvgIpc) is 3.73. The second-order valence-electron chi connectivity index (χ2n) is 12.2. The van der Waals surface area contributed by atoms with Crippen LogP contribution in [0, 0.1) is 27.7 Å². The fraction of sp³-hybridized carbons (Fsp3) is 0.135. The van der Waals surface area contributed by atoms with Gasteiger partial charge in [0.05, 0.1) is 0 Å². The van der Waals surface area contributed by atoms with Gasteiger partial charge in [0.15, 0.2) is 23.3 Å². The van der Waals surface area contributed by atoms with Crippen molar-refractivity contribution in [1.29, 1.82) is 0 Å². The van der Waals surface area contributed by atoms with E-state index in [0.717, 1.165) is 88.7 Å². The average molecular weight is 583 g/mol. The van der Waals surface area contributed by atoms with Gasteiger partial charge in [-0.2, -0.15) is 0 Å². The number of aliphatic imine (C=N–C) groups is 4. The van der Waals surface area contributed by atoms with E-state index in [9.17, 15) is 0 Å². The summed E-state index contributed by atoms with van der Waals surface area (Å²) in [5, 5.41) is 4.16. The Kier molecular flexibility index (Phi) is 4.63. The lowest BCUT2D eigenvalue weighted by Crippen LogP contribution is -2.32. The largest absolute Gasteiger partial charge is 0.291 e. The molecule has 0 saturated carbocycles. The molecule has 6 aromatic rings. The van der Waals surface area contributed by atoms with Crippen LogP contribution in [0.2, 0.25) is 0 Å². The van der Waals surface area contributed by atoms with Crippen molar-refractivity contribution in [3.05, 3.63) is 128 Å². The van der Waals surface area contributed by atoms with Crippen molar-refractivity contribution < 1.29 is 0 Å². The van der Waals surface area contributed by atoms with E-state index >= 15 is 0 Å². The van der Waals surface area contributed by atoms with Crippen molar-refractivity contribution in [3.8, 4) is 0 Å². The highest BCUT2D eigenvalue weighted by Gasteiger charge is 2.31. The van der Waals surface area contributed by atoms with E-state index in [1.165, 1.54) is 0 Å². The molecule has 0 amide bonds. The van der Waals surface area contributed by atoms with Crippen LogP contribution in [0.3, 0.4) is 0 Å². The Hall–Kier alpha value is -5.76. The summed E-state index contributed by atoms with van der Waals surface area (Å²) in [6.07, 6.45) is 0. The fourth-order valence-corrected chi connectivity index (χ4v) is 7.41. The van der Waals surface area contributed by atoms with Crippen LogP contribution in [-0.4, -0.2) is 32.5 Å². The van der Waals surface area contributed by atoms with Gasteiger partial charge in [-0.05, 0) is 49.9 Å². The first-order valence-electron chi connectivity index (χ1n) is 15.2. The number of benzene rings is 4. The van der Waals surface area contributed by atoms with Gasteiger partial charge < -0.3 is 0 Å². The highest BCUT2D eigenvalue weighted by molar-refractivity contribution is 6.26. The maximum absolute atomic E-state index is 5.38. The minimum absolute atomic E-state index is 0.420. The molecule has 0 N–H and O–H groups in total. The van der Waals surface area contributed by atoms with Gasteiger partial charge in [0, 0.05) is 43.8 Å². The number of amidine groups is 4. The lowest BCUT2D eigenvalue weighted by atomic mass is 10.0. The Morgan fingerprint density at radius 1 is 0.444 bits per heavy atom. The SMILES string of the molecule is Cc1cccc2c1C1=NC2=Nc2c3cccc(C)c3c3n2Cn2c(c4cccc(C)c4c2=N1)=NC1=NC(=N3)c2c(C)cccc21. The van der Waals surface area contributed by atoms with Gasteiger partial charge in [0.1, 0.15) is 29.3 Å². The third-order valence-corrected chi connectivity index (χ3v) is 9.53. The smallest absolute Gasteiger partial charge is 0.165 e. The van der Waals surface area contributed by atoms with Gasteiger partial charge in [-0.25, -0.2) is 30.0 Å². The highest BCUT2D eigenvalue weighted by Crippen LogP contribution is 2.42. The topological polar surface area (TPSA) is 84.0 Å². The molecule has 4 aliphatic rings. The van der Waals surface area contributed by atoms with Crippen LogP contribution in [0.5, 0.6) is 0 Å². The molecule has 0 fully saturated rings. The van der Waals surface area contributed by atoms with E-state index in [1.54, 1.807) is 0 Å². The summed E-state index contributed by atoms with van der Waals surface area (Å²) in [6, 6.07) is 25.3. The van der Waals surface area contributed by atoms with Gasteiger partial charge in [-0.15, -0.1) is 0 Å². The van der Waals surface area contributed by atoms with Crippen LogP contribution < -0.4 is 11.0 Å². The van der Waals surface area contributed by atoms with Crippen LogP contribution in [0.25, 0.3) is 21.5 Å². The molecule has 4 aromatic carbocycles. The van der Waals surface area contributed by atoms with Gasteiger partial charge in [-0.3, -0.25) is 9.13 Å². The van der Waals surface area contributed by atoms with Crippen molar-refractivity contribution in [2.45, 2.75) is 34.4 Å². The zero-order valence-corrected chi connectivity index (χ0v) is 25.2. The number of nitrogens with zero attached hydrogens (tertiary/aromatic N) is 8. The quantitative estimate of drug-likeness (QED) is 0.202. The molecule has 0 aliphatic carbocycles. The van der Waals surface area contributed by atoms with Crippen LogP contribution in [-0.2, 0) is 6.67 Å². The van der Waals surface area contributed by atoms with Gasteiger partial charge in [-0.1, -0.05) is 72.8 Å². The first-order chi connectivity index (χ1) is 22.0. The molecular weight excluding hydrogens is 556 g/mol. The monoisotopic (exact) mass is 582 g/mol. The number of aromatic nitrogens is 2. The van der Waals surface area contributed by atoms with E-state index in [2.05, 4.69) is 110 Å². The number of hydrogen-bond donors (Lipinski definition) is 0. The summed E-state index contributed by atoms with van der Waals surface area (Å²) in [4.78, 5) is 31.7. The van der Waals surface area contributed by atoms with E-state index < -0.39 is 0 Å². The number of fused-ring (bicyclic) bond motifs is 14. The third kappa shape index (κ3) is 3.15. The second-order valence-corrected chi connectivity index (χ2v) is 12.2. The van der Waals surface area contributed by atoms with Crippen molar-refractivity contribution in [1.82, 2.24) is 9.13 Å². The number of aryl methyl sites for hydroxylation is 4. The molecule has 10 rings (SSSR count). The lowest BCUT2D eigenvalue weighted by molar-refractivity contribution is 0.583. The summed E-state index contributed by atoms with van der Waals surface area (Å²) in [5.41, 5.74) is 10.1. The van der Waals surface area contributed by atoms with Gasteiger partial charge in [0.2, 0.25) is 0 Å². The first-order valence-corrected chi connectivity index (χ1v) is 15.2. The Labute approximate surface area is 257 Å². The van der Waals surface area contributed by atoms with E-state index in [0.29, 0.717) is 30.0 Å². The molecule has 8 heteroatoms. The zero-order valence-electron chi connectivity index (χ0n) is 25.2. The van der Waals surface area contributed by atoms with E-state index in [4.69, 9.17) is 30.0 Å². The fourth-order valence-electron chi connectivity index (χ4n) is 7.41. The predicted molar refractivity (Wildman–Crippen MR) is 179 cm³/mol. The van der Waals surface area contributed by atoms with Crippen LogP contribution in [0.15, 0.2) is 103 Å². The maximum Gasteiger partial charge on any atom is 0.165 e. The van der Waals surface area contributed by atoms with Crippen molar-refractivity contribution >= 4 is 56.5 Å². The van der Waals surface area contributed by atoms with Crippen molar-refractivity contribution in [3.63, 3.8) is 0 Å². The Morgan fingerprint density at radius 3 is 1.71 bits per heavy atom. The third-order valence-electron chi connectivity index (χ3n) is 9.53. The number of hydrogen-bond acceptors (Lipinski definition) is 6. The first kappa shape index (κ1) is 24.7. The summed E-state index contributed by atoms with van der Waals surface area (Å²) < 4.78 is 4.41. The molecule has 0 unspecified atom stereocenters. The molecule has 0 radical (unpaired) electrons. The standard InChI is InChI=1S/C37H26N8/c1-18-9-5-13-22-26(18)32-38-30(22)40-34-25-16-8-12-21(4)29(25)37-43-33-27-19(2)10-6-14-23(27)31(39-33)41-35-24-15-7-11-20(3)28(24)36(42-32)44(35)17-45(34)37/h5-16H,17H2,1-4H3. The molecule has 214 valence electrons. The normalized spacial score (nSPS) is 15.5. The van der Waals surface area contributed by atoms with Crippen molar-refractivity contribution in [2.24, 2.45) is 30.0 Å². The summed E-state index contributed by atoms with van der Waals surface area (Å²) in [7, 11) is 0.